The van der Waals surface area contributed by atoms with Crippen molar-refractivity contribution in [3.05, 3.63) is 65.7 Å². The Bertz CT molecular complexity index is 883. The van der Waals surface area contributed by atoms with Gasteiger partial charge >= 0.3 is 5.97 Å². The summed E-state index contributed by atoms with van der Waals surface area (Å²) in [5.41, 5.74) is 1.62. The standard InChI is InChI=1S/C26H35N3O5/c1-20-16-28(17-21(2)27-20)13-6-14-33-24-11-9-22(10-12-24)15-25(26(31)32)29(19-30)34-18-23-7-4-3-5-8-23/h3-5,7-12,19-21,25,27H,6,13-18H2,1-2H3,(H,31,32). The summed E-state index contributed by atoms with van der Waals surface area (Å²) in [6, 6.07) is 16.5. The zero-order valence-corrected chi connectivity index (χ0v) is 19.9. The maximum atomic E-state index is 11.8. The van der Waals surface area contributed by atoms with E-state index in [9.17, 15) is 14.7 Å². The molecule has 0 radical (unpaired) electrons. The van der Waals surface area contributed by atoms with Gasteiger partial charge in [0.15, 0.2) is 6.04 Å². The largest absolute Gasteiger partial charge is 0.494 e. The van der Waals surface area contributed by atoms with E-state index in [-0.39, 0.29) is 13.0 Å². The van der Waals surface area contributed by atoms with Crippen molar-refractivity contribution in [3.8, 4) is 5.75 Å². The molecule has 2 N–H and O–H groups in total. The van der Waals surface area contributed by atoms with Gasteiger partial charge in [-0.25, -0.2) is 9.86 Å². The second kappa shape index (κ2) is 13.1. The number of aliphatic carboxylic acids is 1. The van der Waals surface area contributed by atoms with Crippen molar-refractivity contribution < 1.29 is 24.3 Å². The number of ether oxygens (including phenoxy) is 1. The van der Waals surface area contributed by atoms with Crippen LogP contribution in [-0.4, -0.2) is 71.8 Å². The van der Waals surface area contributed by atoms with Gasteiger partial charge in [0.2, 0.25) is 6.41 Å². The lowest BCUT2D eigenvalue weighted by Gasteiger charge is -2.36. The van der Waals surface area contributed by atoms with E-state index in [1.807, 2.05) is 54.6 Å². The van der Waals surface area contributed by atoms with Gasteiger partial charge in [-0.2, -0.15) is 0 Å². The lowest BCUT2D eigenvalue weighted by Crippen LogP contribution is -2.54. The summed E-state index contributed by atoms with van der Waals surface area (Å²) in [6.07, 6.45) is 1.48. The Morgan fingerprint density at radius 2 is 1.79 bits per heavy atom. The number of nitrogens with one attached hydrogen (secondary N) is 1. The summed E-state index contributed by atoms with van der Waals surface area (Å²) >= 11 is 0. The highest BCUT2D eigenvalue weighted by Gasteiger charge is 2.26. The maximum Gasteiger partial charge on any atom is 0.329 e. The van der Waals surface area contributed by atoms with Crippen molar-refractivity contribution in [1.82, 2.24) is 15.3 Å². The van der Waals surface area contributed by atoms with Gasteiger partial charge in [0.1, 0.15) is 12.4 Å². The van der Waals surface area contributed by atoms with Gasteiger partial charge in [-0.05, 0) is 43.5 Å². The molecule has 3 unspecified atom stereocenters. The van der Waals surface area contributed by atoms with Gasteiger partial charge in [0.25, 0.3) is 0 Å². The summed E-state index contributed by atoms with van der Waals surface area (Å²) in [6.45, 7) is 8.25. The monoisotopic (exact) mass is 469 g/mol. The van der Waals surface area contributed by atoms with Crippen LogP contribution in [0.1, 0.15) is 31.4 Å². The zero-order valence-electron chi connectivity index (χ0n) is 19.9. The number of carboxylic acid groups (broad SMARTS) is 1. The second-order valence-corrected chi connectivity index (χ2v) is 8.86. The highest BCUT2D eigenvalue weighted by atomic mass is 16.7. The number of carbonyl (C=O) groups excluding carboxylic acids is 1. The van der Waals surface area contributed by atoms with Crippen molar-refractivity contribution in [2.24, 2.45) is 0 Å². The van der Waals surface area contributed by atoms with Crippen LogP contribution in [0.2, 0.25) is 0 Å². The van der Waals surface area contributed by atoms with Crippen molar-refractivity contribution >= 4 is 12.4 Å². The summed E-state index contributed by atoms with van der Waals surface area (Å²) in [5, 5.41) is 14.1. The lowest BCUT2D eigenvalue weighted by atomic mass is 10.1. The van der Waals surface area contributed by atoms with Gasteiger partial charge < -0.3 is 20.1 Å². The molecule has 2 aromatic rings. The average molecular weight is 470 g/mol. The van der Waals surface area contributed by atoms with Crippen molar-refractivity contribution in [2.45, 2.75) is 51.4 Å². The van der Waals surface area contributed by atoms with E-state index < -0.39 is 12.0 Å². The fourth-order valence-corrected chi connectivity index (χ4v) is 4.25. The smallest absolute Gasteiger partial charge is 0.329 e. The number of amides is 1. The number of nitrogens with zero attached hydrogens (tertiary/aromatic N) is 2. The first-order valence-corrected chi connectivity index (χ1v) is 11.8. The van der Waals surface area contributed by atoms with Crippen molar-refractivity contribution in [1.29, 1.82) is 0 Å². The van der Waals surface area contributed by atoms with Crippen LogP contribution < -0.4 is 10.1 Å². The van der Waals surface area contributed by atoms with E-state index in [0.717, 1.165) is 48.0 Å². The number of hydroxylamine groups is 2. The zero-order chi connectivity index (χ0) is 24.3. The van der Waals surface area contributed by atoms with Crippen molar-refractivity contribution in [2.75, 3.05) is 26.2 Å². The van der Waals surface area contributed by atoms with Gasteiger partial charge in [-0.3, -0.25) is 9.63 Å². The number of rotatable bonds is 13. The van der Waals surface area contributed by atoms with Gasteiger partial charge in [-0.1, -0.05) is 42.5 Å². The highest BCUT2D eigenvalue weighted by molar-refractivity contribution is 5.76. The molecular weight excluding hydrogens is 434 g/mol. The summed E-state index contributed by atoms with van der Waals surface area (Å²) in [5.74, 6) is -0.387. The fourth-order valence-electron chi connectivity index (χ4n) is 4.25. The molecule has 34 heavy (non-hydrogen) atoms. The van der Waals surface area contributed by atoms with Gasteiger partial charge in [0, 0.05) is 38.1 Å². The van der Waals surface area contributed by atoms with Crippen molar-refractivity contribution in [3.63, 3.8) is 0 Å². The number of piperazine rings is 1. The Morgan fingerprint density at radius 3 is 2.41 bits per heavy atom. The molecule has 1 aliphatic heterocycles. The van der Waals surface area contributed by atoms with Crippen LogP contribution in [0.15, 0.2) is 54.6 Å². The topological polar surface area (TPSA) is 91.3 Å². The van der Waals surface area contributed by atoms with Crippen LogP contribution in [0.4, 0.5) is 0 Å². The molecule has 1 aliphatic rings. The minimum absolute atomic E-state index is 0.113. The Kier molecular flexibility index (Phi) is 9.88. The number of carboxylic acids is 1. The molecule has 1 amide bonds. The summed E-state index contributed by atoms with van der Waals surface area (Å²) in [4.78, 5) is 31.3. The minimum Gasteiger partial charge on any atom is -0.494 e. The molecule has 1 saturated heterocycles. The Morgan fingerprint density at radius 1 is 1.12 bits per heavy atom. The van der Waals surface area contributed by atoms with E-state index >= 15 is 0 Å². The van der Waals surface area contributed by atoms with E-state index in [0.29, 0.717) is 25.1 Å². The van der Waals surface area contributed by atoms with Crippen LogP contribution in [0, 0.1) is 0 Å². The van der Waals surface area contributed by atoms with E-state index in [1.165, 1.54) is 0 Å². The third-order valence-electron chi connectivity index (χ3n) is 5.79. The molecular formula is C26H35N3O5. The molecule has 3 atom stereocenters. The van der Waals surface area contributed by atoms with Crippen LogP contribution >= 0.6 is 0 Å². The van der Waals surface area contributed by atoms with Crippen LogP contribution in [0.25, 0.3) is 0 Å². The van der Waals surface area contributed by atoms with Crippen LogP contribution in [0.5, 0.6) is 5.75 Å². The predicted molar refractivity (Wildman–Crippen MR) is 129 cm³/mol. The molecule has 1 heterocycles. The quantitative estimate of drug-likeness (QED) is 0.265. The molecule has 0 aliphatic carbocycles. The third kappa shape index (κ3) is 8.13. The highest BCUT2D eigenvalue weighted by Crippen LogP contribution is 2.16. The SMILES string of the molecule is CC1CN(CCCOc2ccc(CC(C(=O)O)N(C=O)OCc3ccccc3)cc2)CC(C)N1. The lowest BCUT2D eigenvalue weighted by molar-refractivity contribution is -0.200. The Labute approximate surface area is 201 Å². The number of benzene rings is 2. The maximum absolute atomic E-state index is 11.8. The molecule has 2 aromatic carbocycles. The molecule has 0 spiro atoms. The molecule has 1 fully saturated rings. The fraction of sp³-hybridized carbons (Fsp3) is 0.462. The van der Waals surface area contributed by atoms with E-state index in [4.69, 9.17) is 9.57 Å². The van der Waals surface area contributed by atoms with E-state index in [1.54, 1.807) is 0 Å². The first-order valence-electron chi connectivity index (χ1n) is 11.8. The molecule has 0 bridgehead atoms. The van der Waals surface area contributed by atoms with Gasteiger partial charge in [-0.15, -0.1) is 0 Å². The minimum atomic E-state index is -1.13. The average Bonchev–Trinajstić information content (AvgIpc) is 2.82. The number of carbonyl (C=O) groups is 2. The first-order chi connectivity index (χ1) is 16.4. The second-order valence-electron chi connectivity index (χ2n) is 8.86. The first kappa shape index (κ1) is 25.7. The molecule has 184 valence electrons. The summed E-state index contributed by atoms with van der Waals surface area (Å²) in [7, 11) is 0. The normalized spacial score (nSPS) is 19.4. The van der Waals surface area contributed by atoms with Gasteiger partial charge in [0.05, 0.1) is 6.61 Å². The molecule has 0 saturated carbocycles. The number of hydrogen-bond acceptors (Lipinski definition) is 6. The van der Waals surface area contributed by atoms with Crippen LogP contribution in [-0.2, 0) is 27.5 Å². The third-order valence-corrected chi connectivity index (χ3v) is 5.79. The Hall–Kier alpha value is -2.94. The van der Waals surface area contributed by atoms with E-state index in [2.05, 4.69) is 24.1 Å². The molecule has 8 heteroatoms. The summed E-state index contributed by atoms with van der Waals surface area (Å²) < 4.78 is 5.86. The molecule has 8 nitrogen and oxygen atoms in total. The predicted octanol–water partition coefficient (Wildman–Crippen LogP) is 2.72. The van der Waals surface area contributed by atoms with Crippen LogP contribution in [0.3, 0.4) is 0 Å². The molecule has 3 rings (SSSR count). The molecule has 0 aromatic heterocycles. The number of hydrogen-bond donors (Lipinski definition) is 2. The Balaban J connectivity index is 1.46.